The zero-order chi connectivity index (χ0) is 9.71. The average Bonchev–Trinajstić information content (AvgIpc) is 2.59. The van der Waals surface area contributed by atoms with E-state index in [-0.39, 0.29) is 11.2 Å². The lowest BCUT2D eigenvalue weighted by Gasteiger charge is -2.00. The fourth-order valence-corrected chi connectivity index (χ4v) is 2.07. The Morgan fingerprint density at radius 2 is 2.14 bits per heavy atom. The van der Waals surface area contributed by atoms with E-state index in [1.807, 2.05) is 12.1 Å². The molecule has 2 aromatic rings. The topological polar surface area (TPSA) is 54.9 Å². The Kier molecular flexibility index (Phi) is 1.27. The van der Waals surface area contributed by atoms with Crippen LogP contribution < -0.4 is 11.2 Å². The zero-order valence-corrected chi connectivity index (χ0v) is 7.41. The van der Waals surface area contributed by atoms with E-state index in [0.29, 0.717) is 11.9 Å². The summed E-state index contributed by atoms with van der Waals surface area (Å²) in [6, 6.07) is 5.57. The third-order valence-corrected chi connectivity index (χ3v) is 2.70. The molecule has 1 aliphatic heterocycles. The molecule has 0 saturated heterocycles. The monoisotopic (exact) mass is 188 g/mol. The molecule has 1 aromatic carbocycles. The number of hydrogen-bond acceptors (Lipinski definition) is 2. The van der Waals surface area contributed by atoms with Gasteiger partial charge in [-0.2, -0.15) is 0 Å². The maximum Gasteiger partial charge on any atom is 0.328 e. The second-order valence-corrected chi connectivity index (χ2v) is 3.47. The number of rotatable bonds is 0. The van der Waals surface area contributed by atoms with Crippen molar-refractivity contribution in [2.45, 2.75) is 13.0 Å². The average molecular weight is 188 g/mol. The second-order valence-electron chi connectivity index (χ2n) is 3.47. The van der Waals surface area contributed by atoms with E-state index < -0.39 is 0 Å². The fraction of sp³-hybridized carbons (Fsp3) is 0.200. The first-order chi connectivity index (χ1) is 6.77. The van der Waals surface area contributed by atoms with Gasteiger partial charge >= 0.3 is 5.69 Å². The van der Waals surface area contributed by atoms with Gasteiger partial charge in [-0.25, -0.2) is 4.79 Å². The third-order valence-electron chi connectivity index (χ3n) is 2.70. The molecule has 14 heavy (non-hydrogen) atoms. The molecule has 0 spiro atoms. The van der Waals surface area contributed by atoms with Crippen LogP contribution in [0.25, 0.3) is 10.9 Å². The van der Waals surface area contributed by atoms with Crippen LogP contribution in [0.4, 0.5) is 0 Å². The van der Waals surface area contributed by atoms with E-state index in [1.165, 1.54) is 0 Å². The number of aryl methyl sites for hydroxylation is 2. The molecule has 0 atom stereocenters. The number of benzene rings is 1. The lowest BCUT2D eigenvalue weighted by molar-refractivity contribution is 0.715. The predicted molar refractivity (Wildman–Crippen MR) is 52.5 cm³/mol. The zero-order valence-electron chi connectivity index (χ0n) is 7.41. The highest BCUT2D eigenvalue weighted by atomic mass is 16.2. The minimum absolute atomic E-state index is 0.287. The highest BCUT2D eigenvalue weighted by Gasteiger charge is 2.16. The van der Waals surface area contributed by atoms with E-state index in [0.717, 1.165) is 17.5 Å². The first-order valence-electron chi connectivity index (χ1n) is 4.52. The Morgan fingerprint density at radius 1 is 1.29 bits per heavy atom. The Morgan fingerprint density at radius 3 is 3.00 bits per heavy atom. The summed E-state index contributed by atoms with van der Waals surface area (Å²) in [7, 11) is 0. The van der Waals surface area contributed by atoms with Gasteiger partial charge in [0.15, 0.2) is 0 Å². The SMILES string of the molecule is O=c1[nH]c(=O)n2c3c(cccc13)CC2. The van der Waals surface area contributed by atoms with Crippen LogP contribution in [-0.4, -0.2) is 9.55 Å². The van der Waals surface area contributed by atoms with Gasteiger partial charge in [0.25, 0.3) is 5.56 Å². The minimum atomic E-state index is -0.299. The van der Waals surface area contributed by atoms with Gasteiger partial charge in [-0.3, -0.25) is 14.3 Å². The summed E-state index contributed by atoms with van der Waals surface area (Å²) in [6.07, 6.45) is 0.837. The first kappa shape index (κ1) is 7.55. The third kappa shape index (κ3) is 0.775. The summed E-state index contributed by atoms with van der Waals surface area (Å²) in [5.74, 6) is 0. The number of nitrogens with one attached hydrogen (secondary N) is 1. The second kappa shape index (κ2) is 2.35. The largest absolute Gasteiger partial charge is 0.328 e. The Balaban J connectivity index is 2.72. The van der Waals surface area contributed by atoms with Gasteiger partial charge in [-0.05, 0) is 18.1 Å². The van der Waals surface area contributed by atoms with Crippen molar-refractivity contribution in [1.29, 1.82) is 0 Å². The van der Waals surface area contributed by atoms with Crippen LogP contribution in [0.2, 0.25) is 0 Å². The van der Waals surface area contributed by atoms with Crippen LogP contribution in [0.5, 0.6) is 0 Å². The molecule has 1 aromatic heterocycles. The van der Waals surface area contributed by atoms with Crippen molar-refractivity contribution < 1.29 is 0 Å². The predicted octanol–water partition coefficient (Wildman–Crippen LogP) is 0.246. The Hall–Kier alpha value is -1.84. The highest BCUT2D eigenvalue weighted by molar-refractivity contribution is 5.82. The molecule has 0 amide bonds. The normalized spacial score (nSPS) is 13.7. The van der Waals surface area contributed by atoms with E-state index in [1.54, 1.807) is 10.6 Å². The summed E-state index contributed by atoms with van der Waals surface area (Å²) in [5, 5.41) is 0.611. The lowest BCUT2D eigenvalue weighted by Crippen LogP contribution is -2.28. The molecule has 2 heterocycles. The molecular formula is C10H8N2O2. The maximum atomic E-state index is 11.5. The van der Waals surface area contributed by atoms with Gasteiger partial charge < -0.3 is 0 Å². The van der Waals surface area contributed by atoms with Crippen molar-refractivity contribution in [2.75, 3.05) is 0 Å². The van der Waals surface area contributed by atoms with Crippen molar-refractivity contribution in [1.82, 2.24) is 9.55 Å². The molecule has 4 nitrogen and oxygen atoms in total. The molecule has 0 aliphatic carbocycles. The number of nitrogens with zero attached hydrogens (tertiary/aromatic N) is 1. The first-order valence-corrected chi connectivity index (χ1v) is 4.52. The van der Waals surface area contributed by atoms with Gasteiger partial charge in [0.1, 0.15) is 0 Å². The molecule has 0 unspecified atom stereocenters. The standard InChI is InChI=1S/C10H8N2O2/c13-9-7-3-1-2-6-4-5-12(8(6)7)10(14)11-9/h1-3H,4-5H2,(H,11,13,14). The van der Waals surface area contributed by atoms with Crippen LogP contribution in [0, 0.1) is 0 Å². The molecule has 1 aliphatic rings. The Labute approximate surface area is 78.8 Å². The molecule has 0 radical (unpaired) electrons. The molecule has 0 saturated carbocycles. The van der Waals surface area contributed by atoms with Gasteiger partial charge in [0.05, 0.1) is 10.9 Å². The summed E-state index contributed by atoms with van der Waals surface area (Å²) in [6.45, 7) is 0.672. The van der Waals surface area contributed by atoms with E-state index in [2.05, 4.69) is 4.98 Å². The fourth-order valence-electron chi connectivity index (χ4n) is 2.07. The van der Waals surface area contributed by atoms with Gasteiger partial charge in [-0.1, -0.05) is 12.1 Å². The van der Waals surface area contributed by atoms with Crippen LogP contribution >= 0.6 is 0 Å². The summed E-state index contributed by atoms with van der Waals surface area (Å²) >= 11 is 0. The number of aromatic amines is 1. The van der Waals surface area contributed by atoms with E-state index >= 15 is 0 Å². The maximum absolute atomic E-state index is 11.5. The van der Waals surface area contributed by atoms with Crippen LogP contribution in [0.3, 0.4) is 0 Å². The molecule has 0 bridgehead atoms. The number of hydrogen-bond donors (Lipinski definition) is 1. The number of para-hydroxylation sites is 1. The van der Waals surface area contributed by atoms with Crippen molar-refractivity contribution in [2.24, 2.45) is 0 Å². The number of aromatic nitrogens is 2. The van der Waals surface area contributed by atoms with Crippen molar-refractivity contribution in [3.05, 3.63) is 44.6 Å². The molecular weight excluding hydrogens is 180 g/mol. The van der Waals surface area contributed by atoms with Crippen LogP contribution in [0.15, 0.2) is 27.8 Å². The molecule has 70 valence electrons. The lowest BCUT2D eigenvalue weighted by atomic mass is 10.1. The van der Waals surface area contributed by atoms with E-state index in [4.69, 9.17) is 0 Å². The summed E-state index contributed by atoms with van der Waals surface area (Å²) in [4.78, 5) is 25.2. The smallest absolute Gasteiger partial charge is 0.293 e. The van der Waals surface area contributed by atoms with Crippen LogP contribution in [0.1, 0.15) is 5.56 Å². The van der Waals surface area contributed by atoms with Crippen molar-refractivity contribution in [3.63, 3.8) is 0 Å². The van der Waals surface area contributed by atoms with Crippen molar-refractivity contribution in [3.8, 4) is 0 Å². The molecule has 0 fully saturated rings. The Bertz CT molecular complexity index is 637. The minimum Gasteiger partial charge on any atom is -0.293 e. The van der Waals surface area contributed by atoms with Gasteiger partial charge in [0.2, 0.25) is 0 Å². The number of H-pyrrole nitrogens is 1. The quantitative estimate of drug-likeness (QED) is 0.644. The van der Waals surface area contributed by atoms with Crippen LogP contribution in [-0.2, 0) is 13.0 Å². The van der Waals surface area contributed by atoms with E-state index in [9.17, 15) is 9.59 Å². The van der Waals surface area contributed by atoms with Crippen molar-refractivity contribution >= 4 is 10.9 Å². The van der Waals surface area contributed by atoms with Gasteiger partial charge in [-0.15, -0.1) is 0 Å². The summed E-state index contributed by atoms with van der Waals surface area (Å²) in [5.41, 5.74) is 1.31. The highest BCUT2D eigenvalue weighted by Crippen LogP contribution is 2.20. The summed E-state index contributed by atoms with van der Waals surface area (Å²) < 4.78 is 1.63. The molecule has 1 N–H and O–H groups in total. The van der Waals surface area contributed by atoms with Gasteiger partial charge in [0, 0.05) is 6.54 Å². The molecule has 4 heteroatoms. The molecule has 3 rings (SSSR count).